The molecule has 0 fully saturated rings. The van der Waals surface area contributed by atoms with Gasteiger partial charge in [-0.2, -0.15) is 5.10 Å². The number of hydrogen-bond donors (Lipinski definition) is 2. The Morgan fingerprint density at radius 1 is 1.25 bits per heavy atom. The van der Waals surface area contributed by atoms with E-state index in [2.05, 4.69) is 31.2 Å². The number of anilines is 1. The summed E-state index contributed by atoms with van der Waals surface area (Å²) < 4.78 is 1.95. The lowest BCUT2D eigenvalue weighted by Crippen LogP contribution is -2.21. The Morgan fingerprint density at radius 2 is 1.90 bits per heavy atom. The van der Waals surface area contributed by atoms with Gasteiger partial charge in [0.2, 0.25) is 0 Å². The molecule has 0 saturated carbocycles. The lowest BCUT2D eigenvalue weighted by molar-refractivity contribution is 0.545. The number of nitrogens with two attached hydrogens (primary N) is 1. The maximum Gasteiger partial charge on any atom is 0.0769 e. The first-order valence-electron chi connectivity index (χ1n) is 6.72. The van der Waals surface area contributed by atoms with Crippen molar-refractivity contribution in [1.82, 2.24) is 9.78 Å². The van der Waals surface area contributed by atoms with Crippen LogP contribution < -0.4 is 11.1 Å². The van der Waals surface area contributed by atoms with Crippen LogP contribution in [0.2, 0.25) is 5.02 Å². The summed E-state index contributed by atoms with van der Waals surface area (Å²) >= 11 is 5.95. The van der Waals surface area contributed by atoms with Crippen molar-refractivity contribution < 1.29 is 0 Å². The van der Waals surface area contributed by atoms with Gasteiger partial charge in [-0.3, -0.25) is 0 Å². The van der Waals surface area contributed by atoms with Gasteiger partial charge in [0.05, 0.1) is 23.3 Å². The van der Waals surface area contributed by atoms with E-state index in [1.54, 1.807) is 0 Å². The van der Waals surface area contributed by atoms with E-state index in [9.17, 15) is 0 Å². The van der Waals surface area contributed by atoms with Crippen LogP contribution in [0.15, 0.2) is 30.5 Å². The van der Waals surface area contributed by atoms with Crippen molar-refractivity contribution in [3.05, 3.63) is 41.2 Å². The fourth-order valence-corrected chi connectivity index (χ4v) is 2.31. The summed E-state index contributed by atoms with van der Waals surface area (Å²) in [6.07, 6.45) is 1.85. The van der Waals surface area contributed by atoms with Crippen LogP contribution in [0.4, 0.5) is 5.69 Å². The van der Waals surface area contributed by atoms with Crippen LogP contribution >= 0.6 is 11.6 Å². The lowest BCUT2D eigenvalue weighted by atomic mass is 9.91. The second-order valence-electron chi connectivity index (χ2n) is 5.76. The topological polar surface area (TPSA) is 55.9 Å². The standard InChI is InChI=1S/C15H21ClN4/c1-15(2,3)14-13(18-9-8-17)10-19-20(14)12-6-4-11(16)5-7-12/h4-7,10,18H,8-9,17H2,1-3H3. The van der Waals surface area contributed by atoms with E-state index in [1.165, 1.54) is 0 Å². The molecule has 1 heterocycles. The van der Waals surface area contributed by atoms with Crippen LogP contribution in [-0.4, -0.2) is 22.9 Å². The molecule has 0 bridgehead atoms. The molecule has 0 amide bonds. The van der Waals surface area contributed by atoms with Gasteiger partial charge in [-0.05, 0) is 24.3 Å². The van der Waals surface area contributed by atoms with Gasteiger partial charge in [0.15, 0.2) is 0 Å². The van der Waals surface area contributed by atoms with E-state index in [4.69, 9.17) is 17.3 Å². The van der Waals surface area contributed by atoms with Crippen LogP contribution in [0.5, 0.6) is 0 Å². The van der Waals surface area contributed by atoms with Gasteiger partial charge in [-0.25, -0.2) is 4.68 Å². The zero-order valence-corrected chi connectivity index (χ0v) is 12.9. The minimum Gasteiger partial charge on any atom is -0.381 e. The van der Waals surface area contributed by atoms with Gasteiger partial charge in [0.1, 0.15) is 0 Å². The van der Waals surface area contributed by atoms with Gasteiger partial charge in [0, 0.05) is 23.5 Å². The smallest absolute Gasteiger partial charge is 0.0769 e. The van der Waals surface area contributed by atoms with Crippen molar-refractivity contribution in [2.45, 2.75) is 26.2 Å². The summed E-state index contributed by atoms with van der Waals surface area (Å²) in [7, 11) is 0. The normalized spacial score (nSPS) is 11.7. The summed E-state index contributed by atoms with van der Waals surface area (Å²) in [6.45, 7) is 7.84. The highest BCUT2D eigenvalue weighted by Gasteiger charge is 2.24. The third-order valence-corrected chi connectivity index (χ3v) is 3.26. The molecule has 0 atom stereocenters. The average molecular weight is 293 g/mol. The zero-order valence-electron chi connectivity index (χ0n) is 12.2. The summed E-state index contributed by atoms with van der Waals surface area (Å²) in [5, 5.41) is 8.56. The first kappa shape index (κ1) is 14.9. The van der Waals surface area contributed by atoms with Crippen molar-refractivity contribution >= 4 is 17.3 Å². The fourth-order valence-electron chi connectivity index (χ4n) is 2.18. The van der Waals surface area contributed by atoms with Crippen molar-refractivity contribution in [2.24, 2.45) is 5.73 Å². The Morgan fingerprint density at radius 3 is 2.45 bits per heavy atom. The van der Waals surface area contributed by atoms with Crippen molar-refractivity contribution in [3.63, 3.8) is 0 Å². The summed E-state index contributed by atoms with van der Waals surface area (Å²) in [5.74, 6) is 0. The molecular weight excluding hydrogens is 272 g/mol. The van der Waals surface area contributed by atoms with Gasteiger partial charge in [-0.1, -0.05) is 32.4 Å². The summed E-state index contributed by atoms with van der Waals surface area (Å²) in [6, 6.07) is 7.69. The predicted octanol–water partition coefficient (Wildman–Crippen LogP) is 3.19. The van der Waals surface area contributed by atoms with Crippen LogP contribution in [0, 0.1) is 0 Å². The maximum atomic E-state index is 5.95. The molecule has 2 aromatic rings. The minimum atomic E-state index is -0.0347. The molecule has 0 radical (unpaired) electrons. The van der Waals surface area contributed by atoms with Gasteiger partial charge in [0.25, 0.3) is 0 Å². The van der Waals surface area contributed by atoms with Crippen LogP contribution in [0.3, 0.4) is 0 Å². The Balaban J connectivity index is 2.47. The highest BCUT2D eigenvalue weighted by atomic mass is 35.5. The zero-order chi connectivity index (χ0) is 14.8. The molecule has 0 aliphatic heterocycles. The number of aromatic nitrogens is 2. The molecule has 3 N–H and O–H groups in total. The van der Waals surface area contributed by atoms with Crippen molar-refractivity contribution in [2.75, 3.05) is 18.4 Å². The number of nitrogens with zero attached hydrogens (tertiary/aromatic N) is 2. The molecule has 0 spiro atoms. The van der Waals surface area contributed by atoms with E-state index in [0.29, 0.717) is 6.54 Å². The second kappa shape index (κ2) is 5.85. The quantitative estimate of drug-likeness (QED) is 0.910. The molecule has 1 aromatic carbocycles. The Labute approximate surface area is 124 Å². The average Bonchev–Trinajstić information content (AvgIpc) is 2.81. The summed E-state index contributed by atoms with van der Waals surface area (Å²) in [4.78, 5) is 0. The number of hydrogen-bond acceptors (Lipinski definition) is 3. The monoisotopic (exact) mass is 292 g/mol. The molecule has 0 saturated heterocycles. The minimum absolute atomic E-state index is 0.0347. The van der Waals surface area contributed by atoms with Gasteiger partial charge < -0.3 is 11.1 Å². The molecule has 0 unspecified atom stereocenters. The van der Waals surface area contributed by atoms with E-state index >= 15 is 0 Å². The highest BCUT2D eigenvalue weighted by molar-refractivity contribution is 6.30. The number of rotatable bonds is 4. The molecule has 0 aliphatic carbocycles. The first-order valence-corrected chi connectivity index (χ1v) is 7.09. The number of benzene rings is 1. The van der Waals surface area contributed by atoms with Crippen LogP contribution in [-0.2, 0) is 5.41 Å². The van der Waals surface area contributed by atoms with E-state index in [1.807, 2.05) is 35.1 Å². The van der Waals surface area contributed by atoms with Crippen LogP contribution in [0.1, 0.15) is 26.5 Å². The molecular formula is C15H21ClN4. The Kier molecular flexibility index (Phi) is 4.35. The third kappa shape index (κ3) is 3.14. The van der Waals surface area contributed by atoms with E-state index in [-0.39, 0.29) is 5.41 Å². The molecule has 1 aromatic heterocycles. The SMILES string of the molecule is CC(C)(C)c1c(NCCN)cnn1-c1ccc(Cl)cc1. The maximum absolute atomic E-state index is 5.95. The van der Waals surface area contributed by atoms with Crippen molar-refractivity contribution in [1.29, 1.82) is 0 Å². The van der Waals surface area contributed by atoms with Gasteiger partial charge >= 0.3 is 0 Å². The Bertz CT molecular complexity index is 567. The molecule has 108 valence electrons. The molecule has 2 rings (SSSR count). The molecule has 0 aliphatic rings. The highest BCUT2D eigenvalue weighted by Crippen LogP contribution is 2.31. The molecule has 5 heteroatoms. The second-order valence-corrected chi connectivity index (χ2v) is 6.20. The van der Waals surface area contributed by atoms with Crippen LogP contribution in [0.25, 0.3) is 5.69 Å². The van der Waals surface area contributed by atoms with E-state index in [0.717, 1.165) is 28.6 Å². The van der Waals surface area contributed by atoms with E-state index < -0.39 is 0 Å². The Hall–Kier alpha value is -1.52. The molecule has 20 heavy (non-hydrogen) atoms. The fraction of sp³-hybridized carbons (Fsp3) is 0.400. The largest absolute Gasteiger partial charge is 0.381 e. The number of nitrogens with one attached hydrogen (secondary N) is 1. The molecule has 4 nitrogen and oxygen atoms in total. The van der Waals surface area contributed by atoms with Gasteiger partial charge in [-0.15, -0.1) is 0 Å². The predicted molar refractivity (Wildman–Crippen MR) is 84.8 cm³/mol. The first-order chi connectivity index (χ1) is 9.43. The van der Waals surface area contributed by atoms with Crippen molar-refractivity contribution in [3.8, 4) is 5.69 Å². The summed E-state index contributed by atoms with van der Waals surface area (Å²) in [5.41, 5.74) is 8.69. The number of halogens is 1. The third-order valence-electron chi connectivity index (χ3n) is 3.01. The lowest BCUT2D eigenvalue weighted by Gasteiger charge is -2.23.